The van der Waals surface area contributed by atoms with Crippen LogP contribution in [0.4, 0.5) is 0 Å². The van der Waals surface area contributed by atoms with Crippen molar-refractivity contribution in [2.45, 2.75) is 12.6 Å². The lowest BCUT2D eigenvalue weighted by Crippen LogP contribution is -2.02. The topological polar surface area (TPSA) is 36.9 Å². The Balaban J connectivity index is 1.69. The first-order valence-corrected chi connectivity index (χ1v) is 8.47. The average molecular weight is 377 g/mol. The second-order valence-corrected chi connectivity index (χ2v) is 6.32. The van der Waals surface area contributed by atoms with Crippen LogP contribution in [0.3, 0.4) is 0 Å². The molecule has 0 aromatic heterocycles. The Morgan fingerprint density at radius 3 is 2.00 bits per heavy atom. The number of halogens is 1. The zero-order valence-electron chi connectivity index (χ0n) is 12.5. The first-order chi connectivity index (χ1) is 11.3. The zero-order valence-corrected chi connectivity index (χ0v) is 14.1. The molecule has 0 amide bonds. The van der Waals surface area contributed by atoms with Gasteiger partial charge in [0, 0.05) is 15.6 Å². The Morgan fingerprint density at radius 2 is 1.35 bits per heavy atom. The minimum Gasteiger partial charge on any atom is -0.346 e. The number of hydrogen-bond donors (Lipinski definition) is 0. The monoisotopic (exact) mass is 376 g/mol. The van der Waals surface area contributed by atoms with Gasteiger partial charge in [-0.2, -0.15) is 0 Å². The van der Waals surface area contributed by atoms with Crippen LogP contribution in [-0.4, -0.2) is 26.4 Å². The summed E-state index contributed by atoms with van der Waals surface area (Å²) in [5.41, 5.74) is 4.28. The summed E-state index contributed by atoms with van der Waals surface area (Å²) in [7, 11) is 0. The highest BCUT2D eigenvalue weighted by Crippen LogP contribution is 2.37. The van der Waals surface area contributed by atoms with Crippen molar-refractivity contribution in [3.05, 3.63) is 58.1 Å². The quantitative estimate of drug-likeness (QED) is 0.803. The molecule has 4 nitrogen and oxygen atoms in total. The second-order valence-electron chi connectivity index (χ2n) is 5.47. The van der Waals surface area contributed by atoms with Crippen molar-refractivity contribution in [1.82, 2.24) is 0 Å². The average Bonchev–Trinajstić information content (AvgIpc) is 3.28. The van der Waals surface area contributed by atoms with E-state index in [9.17, 15) is 0 Å². The third-order valence-electron chi connectivity index (χ3n) is 4.02. The maximum atomic E-state index is 5.66. The third kappa shape index (κ3) is 3.07. The molecule has 0 spiro atoms. The molecule has 2 heterocycles. The van der Waals surface area contributed by atoms with Gasteiger partial charge in [-0.1, -0.05) is 52.3 Å². The zero-order chi connectivity index (χ0) is 15.6. The highest BCUT2D eigenvalue weighted by atomic mass is 79.9. The summed E-state index contributed by atoms with van der Waals surface area (Å²) in [5.74, 6) is 0. The smallest absolute Gasteiger partial charge is 0.185 e. The molecule has 0 saturated carbocycles. The molecule has 120 valence electrons. The van der Waals surface area contributed by atoms with Gasteiger partial charge in [0.05, 0.1) is 26.4 Å². The maximum Gasteiger partial charge on any atom is 0.185 e. The lowest BCUT2D eigenvalue weighted by molar-refractivity contribution is -0.0447. The molecule has 2 aromatic carbocycles. The molecule has 0 N–H and O–H groups in total. The lowest BCUT2D eigenvalue weighted by Gasteiger charge is -2.17. The molecule has 2 saturated heterocycles. The Hall–Kier alpha value is -1.24. The summed E-state index contributed by atoms with van der Waals surface area (Å²) in [5, 5.41) is 0. The van der Waals surface area contributed by atoms with Gasteiger partial charge in [-0.15, -0.1) is 0 Å². The fourth-order valence-corrected chi connectivity index (χ4v) is 3.49. The predicted octanol–water partition coefficient (Wildman–Crippen LogP) is 4.21. The van der Waals surface area contributed by atoms with Crippen molar-refractivity contribution in [2.75, 3.05) is 26.4 Å². The van der Waals surface area contributed by atoms with Crippen molar-refractivity contribution in [1.29, 1.82) is 0 Å². The molecular weight excluding hydrogens is 360 g/mol. The van der Waals surface area contributed by atoms with Crippen LogP contribution < -0.4 is 0 Å². The molecule has 0 unspecified atom stereocenters. The van der Waals surface area contributed by atoms with Crippen LogP contribution in [-0.2, 0) is 18.9 Å². The van der Waals surface area contributed by atoms with E-state index in [1.807, 2.05) is 18.2 Å². The van der Waals surface area contributed by atoms with Gasteiger partial charge in [0.1, 0.15) is 0 Å². The van der Waals surface area contributed by atoms with Gasteiger partial charge in [-0.05, 0) is 17.2 Å². The van der Waals surface area contributed by atoms with Crippen molar-refractivity contribution < 1.29 is 18.9 Å². The second kappa shape index (κ2) is 6.71. The van der Waals surface area contributed by atoms with Crippen molar-refractivity contribution in [3.63, 3.8) is 0 Å². The summed E-state index contributed by atoms with van der Waals surface area (Å²) in [6.07, 6.45) is -0.568. The molecular formula is C18H17BrO4. The van der Waals surface area contributed by atoms with Crippen molar-refractivity contribution in [3.8, 4) is 11.1 Å². The fourth-order valence-electron chi connectivity index (χ4n) is 2.93. The van der Waals surface area contributed by atoms with Crippen LogP contribution in [0.15, 0.2) is 46.9 Å². The normalized spacial score (nSPS) is 19.5. The van der Waals surface area contributed by atoms with Gasteiger partial charge in [0.25, 0.3) is 0 Å². The molecule has 5 heteroatoms. The minimum absolute atomic E-state index is 0.282. The van der Waals surface area contributed by atoms with Gasteiger partial charge < -0.3 is 18.9 Å². The van der Waals surface area contributed by atoms with E-state index in [0.717, 1.165) is 26.7 Å². The number of ether oxygens (including phenoxy) is 4. The highest BCUT2D eigenvalue weighted by Gasteiger charge is 2.23. The third-order valence-corrected chi connectivity index (χ3v) is 4.71. The van der Waals surface area contributed by atoms with E-state index in [0.29, 0.717) is 26.4 Å². The Kier molecular flexibility index (Phi) is 4.46. The van der Waals surface area contributed by atoms with Crippen LogP contribution >= 0.6 is 15.9 Å². The predicted molar refractivity (Wildman–Crippen MR) is 88.9 cm³/mol. The van der Waals surface area contributed by atoms with Gasteiger partial charge in [-0.25, -0.2) is 0 Å². The van der Waals surface area contributed by atoms with Gasteiger partial charge in [0.15, 0.2) is 12.6 Å². The van der Waals surface area contributed by atoms with E-state index in [4.69, 9.17) is 18.9 Å². The van der Waals surface area contributed by atoms with Crippen molar-refractivity contribution in [2.24, 2.45) is 0 Å². The van der Waals surface area contributed by atoms with Crippen LogP contribution in [0.5, 0.6) is 0 Å². The van der Waals surface area contributed by atoms with Gasteiger partial charge >= 0.3 is 0 Å². The van der Waals surface area contributed by atoms with Crippen LogP contribution in [0, 0.1) is 0 Å². The largest absolute Gasteiger partial charge is 0.346 e. The number of rotatable bonds is 3. The van der Waals surface area contributed by atoms with E-state index in [2.05, 4.69) is 40.2 Å². The molecule has 0 aliphatic carbocycles. The SMILES string of the molecule is Brc1cc(-c2ccccc2C2OCCO2)ccc1C1OCCO1. The molecule has 2 aliphatic rings. The number of benzene rings is 2. The van der Waals surface area contributed by atoms with Crippen molar-refractivity contribution >= 4 is 15.9 Å². The molecule has 0 bridgehead atoms. The Morgan fingerprint density at radius 1 is 0.739 bits per heavy atom. The van der Waals surface area contributed by atoms with E-state index < -0.39 is 0 Å². The summed E-state index contributed by atoms with van der Waals surface area (Å²) >= 11 is 3.64. The maximum absolute atomic E-state index is 5.66. The molecule has 2 aromatic rings. The molecule has 0 radical (unpaired) electrons. The van der Waals surface area contributed by atoms with Crippen LogP contribution in [0.1, 0.15) is 23.7 Å². The van der Waals surface area contributed by atoms with E-state index in [1.165, 1.54) is 0 Å². The van der Waals surface area contributed by atoms with E-state index in [-0.39, 0.29) is 12.6 Å². The number of hydrogen-bond acceptors (Lipinski definition) is 4. The summed E-state index contributed by atoms with van der Waals surface area (Å²) in [6.45, 7) is 2.55. The summed E-state index contributed by atoms with van der Waals surface area (Å²) in [4.78, 5) is 0. The van der Waals surface area contributed by atoms with E-state index >= 15 is 0 Å². The fraction of sp³-hybridized carbons (Fsp3) is 0.333. The Labute approximate surface area is 143 Å². The van der Waals surface area contributed by atoms with Crippen LogP contribution in [0.2, 0.25) is 0 Å². The van der Waals surface area contributed by atoms with Gasteiger partial charge in [0.2, 0.25) is 0 Å². The summed E-state index contributed by atoms with van der Waals surface area (Å²) < 4.78 is 23.5. The molecule has 2 aliphatic heterocycles. The minimum atomic E-state index is -0.286. The molecule has 23 heavy (non-hydrogen) atoms. The Bertz CT molecular complexity index is 691. The van der Waals surface area contributed by atoms with E-state index in [1.54, 1.807) is 0 Å². The summed E-state index contributed by atoms with van der Waals surface area (Å²) in [6, 6.07) is 14.4. The standard InChI is InChI=1S/C18H17BrO4/c19-16-11-12(5-6-15(16)18-22-9-10-23-18)13-3-1-2-4-14(13)17-20-7-8-21-17/h1-6,11,17-18H,7-10H2. The molecule has 2 fully saturated rings. The van der Waals surface area contributed by atoms with Gasteiger partial charge in [-0.3, -0.25) is 0 Å². The van der Waals surface area contributed by atoms with Crippen LogP contribution in [0.25, 0.3) is 11.1 Å². The first kappa shape index (κ1) is 15.3. The lowest BCUT2D eigenvalue weighted by atomic mass is 9.98. The first-order valence-electron chi connectivity index (χ1n) is 7.68. The highest BCUT2D eigenvalue weighted by molar-refractivity contribution is 9.10. The molecule has 4 rings (SSSR count). The molecule has 0 atom stereocenters.